The molecule has 0 saturated carbocycles. The normalized spacial score (nSPS) is 10.7. The molecule has 3 aromatic rings. The van der Waals surface area contributed by atoms with Crippen molar-refractivity contribution in [2.24, 2.45) is 0 Å². The molecule has 5 nitrogen and oxygen atoms in total. The molecule has 1 N–H and O–H groups in total. The van der Waals surface area contributed by atoms with Crippen LogP contribution in [0.2, 0.25) is 0 Å². The number of aromatic nitrogens is 2. The van der Waals surface area contributed by atoms with Crippen molar-refractivity contribution >= 4 is 16.6 Å². The van der Waals surface area contributed by atoms with Gasteiger partial charge in [-0.1, -0.05) is 5.16 Å². The fraction of sp³-hybridized carbons (Fsp3) is 0.235. The molecule has 0 bridgehead atoms. The summed E-state index contributed by atoms with van der Waals surface area (Å²) in [5, 5.41) is 17.0. The molecule has 0 unspecified atom stereocenters. The van der Waals surface area contributed by atoms with Gasteiger partial charge in [0, 0.05) is 23.7 Å². The predicted molar refractivity (Wildman–Crippen MR) is 84.5 cm³/mol. The summed E-state index contributed by atoms with van der Waals surface area (Å²) in [7, 11) is 0. The number of rotatable bonds is 3. The Kier molecular flexibility index (Phi) is 3.70. The molecular formula is C17H15FN4O. The lowest BCUT2D eigenvalue weighted by Crippen LogP contribution is -2.05. The zero-order chi connectivity index (χ0) is 16.6. The van der Waals surface area contributed by atoms with Gasteiger partial charge in [-0.05, 0) is 38.5 Å². The molecule has 2 aromatic heterocycles. The first-order valence-corrected chi connectivity index (χ1v) is 7.16. The molecule has 0 spiro atoms. The SMILES string of the molecule is Cc1noc(C)c1CNc1c(C#N)cnc2c(C)cc(F)cc12. The van der Waals surface area contributed by atoms with E-state index in [2.05, 4.69) is 21.5 Å². The van der Waals surface area contributed by atoms with E-state index in [9.17, 15) is 9.65 Å². The minimum Gasteiger partial charge on any atom is -0.379 e. The van der Waals surface area contributed by atoms with Crippen LogP contribution < -0.4 is 5.32 Å². The Balaban J connectivity index is 2.10. The predicted octanol–water partition coefficient (Wildman–Crippen LogP) is 3.77. The number of fused-ring (bicyclic) bond motifs is 1. The molecule has 0 aliphatic carbocycles. The van der Waals surface area contributed by atoms with Crippen LogP contribution in [-0.2, 0) is 6.54 Å². The molecule has 2 heterocycles. The van der Waals surface area contributed by atoms with E-state index in [0.717, 1.165) is 16.8 Å². The Morgan fingerprint density at radius 1 is 1.30 bits per heavy atom. The van der Waals surface area contributed by atoms with Crippen molar-refractivity contribution < 1.29 is 8.91 Å². The van der Waals surface area contributed by atoms with E-state index in [-0.39, 0.29) is 5.82 Å². The number of benzene rings is 1. The van der Waals surface area contributed by atoms with E-state index < -0.39 is 0 Å². The molecule has 116 valence electrons. The molecule has 0 saturated heterocycles. The van der Waals surface area contributed by atoms with Gasteiger partial charge in [0.25, 0.3) is 0 Å². The topological polar surface area (TPSA) is 74.7 Å². The van der Waals surface area contributed by atoms with Gasteiger partial charge in [-0.3, -0.25) is 4.98 Å². The summed E-state index contributed by atoms with van der Waals surface area (Å²) < 4.78 is 18.9. The average Bonchev–Trinajstić information content (AvgIpc) is 2.83. The Morgan fingerprint density at radius 2 is 2.09 bits per heavy atom. The smallest absolute Gasteiger partial charge is 0.138 e. The Labute approximate surface area is 132 Å². The Bertz CT molecular complexity index is 920. The third-order valence-electron chi connectivity index (χ3n) is 3.87. The monoisotopic (exact) mass is 310 g/mol. The number of anilines is 1. The summed E-state index contributed by atoms with van der Waals surface area (Å²) in [6, 6.07) is 4.92. The summed E-state index contributed by atoms with van der Waals surface area (Å²) in [6.07, 6.45) is 1.50. The first kappa shape index (κ1) is 15.0. The summed E-state index contributed by atoms with van der Waals surface area (Å²) in [5.74, 6) is 0.363. The largest absolute Gasteiger partial charge is 0.379 e. The van der Waals surface area contributed by atoms with Crippen LogP contribution in [0.15, 0.2) is 22.9 Å². The first-order chi connectivity index (χ1) is 11.0. The van der Waals surface area contributed by atoms with Crippen molar-refractivity contribution in [3.8, 4) is 6.07 Å². The van der Waals surface area contributed by atoms with Gasteiger partial charge in [0.05, 0.1) is 22.5 Å². The summed E-state index contributed by atoms with van der Waals surface area (Å²) in [5.41, 5.74) is 4.05. The maximum atomic E-state index is 13.8. The Hall–Kier alpha value is -2.94. The number of halogens is 1. The van der Waals surface area contributed by atoms with E-state index >= 15 is 0 Å². The summed E-state index contributed by atoms with van der Waals surface area (Å²) >= 11 is 0. The molecule has 3 rings (SSSR count). The number of hydrogen-bond acceptors (Lipinski definition) is 5. The van der Waals surface area contributed by atoms with Gasteiger partial charge in [-0.15, -0.1) is 0 Å². The van der Waals surface area contributed by atoms with E-state index in [1.54, 1.807) is 6.92 Å². The lowest BCUT2D eigenvalue weighted by molar-refractivity contribution is 0.392. The number of hydrogen-bond donors (Lipinski definition) is 1. The highest BCUT2D eigenvalue weighted by atomic mass is 19.1. The van der Waals surface area contributed by atoms with Crippen molar-refractivity contribution in [2.75, 3.05) is 5.32 Å². The van der Waals surface area contributed by atoms with E-state index in [0.29, 0.717) is 34.5 Å². The second-order valence-corrected chi connectivity index (χ2v) is 5.43. The lowest BCUT2D eigenvalue weighted by atomic mass is 10.1. The molecular weight excluding hydrogens is 295 g/mol. The molecule has 0 atom stereocenters. The zero-order valence-electron chi connectivity index (χ0n) is 13.1. The van der Waals surface area contributed by atoms with Crippen LogP contribution in [0.1, 0.15) is 28.1 Å². The molecule has 1 aromatic carbocycles. The number of nitriles is 1. The third kappa shape index (κ3) is 2.61. The fourth-order valence-electron chi connectivity index (χ4n) is 2.64. The van der Waals surface area contributed by atoms with Gasteiger partial charge in [-0.2, -0.15) is 5.26 Å². The van der Waals surface area contributed by atoms with E-state index in [1.807, 2.05) is 13.8 Å². The van der Waals surface area contributed by atoms with Gasteiger partial charge in [0.2, 0.25) is 0 Å². The maximum absolute atomic E-state index is 13.8. The fourth-order valence-corrected chi connectivity index (χ4v) is 2.64. The Morgan fingerprint density at radius 3 is 2.74 bits per heavy atom. The standard InChI is InChI=1S/C17H15FN4O/c1-9-4-13(18)5-14-16(9)20-7-12(6-19)17(14)21-8-15-10(2)22-23-11(15)3/h4-5,7H,8H2,1-3H3,(H,20,21). The van der Waals surface area contributed by atoms with Crippen LogP contribution in [0.3, 0.4) is 0 Å². The molecule has 0 amide bonds. The van der Waals surface area contributed by atoms with Crippen LogP contribution in [0.5, 0.6) is 0 Å². The van der Waals surface area contributed by atoms with E-state index in [4.69, 9.17) is 4.52 Å². The minimum atomic E-state index is -0.354. The van der Waals surface area contributed by atoms with Crippen molar-refractivity contribution in [3.05, 3.63) is 52.3 Å². The van der Waals surface area contributed by atoms with Crippen LogP contribution in [-0.4, -0.2) is 10.1 Å². The summed E-state index contributed by atoms with van der Waals surface area (Å²) in [4.78, 5) is 4.27. The van der Waals surface area contributed by atoms with Crippen molar-refractivity contribution in [3.63, 3.8) is 0 Å². The van der Waals surface area contributed by atoms with Gasteiger partial charge >= 0.3 is 0 Å². The third-order valence-corrected chi connectivity index (χ3v) is 3.87. The average molecular weight is 310 g/mol. The highest BCUT2D eigenvalue weighted by molar-refractivity contribution is 5.95. The van der Waals surface area contributed by atoms with Gasteiger partial charge in [0.15, 0.2) is 0 Å². The van der Waals surface area contributed by atoms with Gasteiger partial charge in [-0.25, -0.2) is 4.39 Å². The highest BCUT2D eigenvalue weighted by Gasteiger charge is 2.14. The zero-order valence-corrected chi connectivity index (χ0v) is 13.1. The summed E-state index contributed by atoms with van der Waals surface area (Å²) in [6.45, 7) is 5.91. The molecule has 6 heteroatoms. The van der Waals surface area contributed by atoms with E-state index in [1.165, 1.54) is 18.3 Å². The molecule has 23 heavy (non-hydrogen) atoms. The second-order valence-electron chi connectivity index (χ2n) is 5.43. The molecule has 0 radical (unpaired) electrons. The molecule has 0 aliphatic heterocycles. The molecule has 0 aliphatic rings. The number of nitrogens with zero attached hydrogens (tertiary/aromatic N) is 3. The van der Waals surface area contributed by atoms with Crippen LogP contribution in [0.25, 0.3) is 10.9 Å². The molecule has 0 fully saturated rings. The van der Waals surface area contributed by atoms with Crippen molar-refractivity contribution in [1.29, 1.82) is 5.26 Å². The number of nitrogens with one attached hydrogen (secondary N) is 1. The van der Waals surface area contributed by atoms with Crippen molar-refractivity contribution in [2.45, 2.75) is 27.3 Å². The van der Waals surface area contributed by atoms with Crippen LogP contribution in [0.4, 0.5) is 10.1 Å². The lowest BCUT2D eigenvalue weighted by Gasteiger charge is -2.12. The number of pyridine rings is 1. The van der Waals surface area contributed by atoms with Crippen molar-refractivity contribution in [1.82, 2.24) is 10.1 Å². The maximum Gasteiger partial charge on any atom is 0.138 e. The number of aryl methyl sites for hydroxylation is 3. The minimum absolute atomic E-state index is 0.354. The first-order valence-electron chi connectivity index (χ1n) is 7.16. The van der Waals surface area contributed by atoms with Crippen LogP contribution in [0, 0.1) is 37.9 Å². The quantitative estimate of drug-likeness (QED) is 0.797. The van der Waals surface area contributed by atoms with Crippen LogP contribution >= 0.6 is 0 Å². The highest BCUT2D eigenvalue weighted by Crippen LogP contribution is 2.29. The van der Waals surface area contributed by atoms with Gasteiger partial charge in [0.1, 0.15) is 17.6 Å². The second kappa shape index (κ2) is 5.69. The van der Waals surface area contributed by atoms with Gasteiger partial charge < -0.3 is 9.84 Å².